The van der Waals surface area contributed by atoms with Gasteiger partial charge in [-0.3, -0.25) is 4.79 Å². The first-order chi connectivity index (χ1) is 12.6. The molecule has 0 spiro atoms. The van der Waals surface area contributed by atoms with Crippen molar-refractivity contribution >= 4 is 22.5 Å². The van der Waals surface area contributed by atoms with Gasteiger partial charge in [0, 0.05) is 35.9 Å². The van der Waals surface area contributed by atoms with E-state index in [1.807, 2.05) is 55.5 Å². The Labute approximate surface area is 153 Å². The van der Waals surface area contributed by atoms with Gasteiger partial charge in [-0.1, -0.05) is 24.3 Å². The van der Waals surface area contributed by atoms with Crippen molar-refractivity contribution < 1.29 is 9.53 Å². The van der Waals surface area contributed by atoms with Crippen LogP contribution in [0.5, 0.6) is 5.75 Å². The number of hydrogen-bond donors (Lipinski definition) is 2. The molecule has 0 atom stereocenters. The van der Waals surface area contributed by atoms with Crippen molar-refractivity contribution in [3.63, 3.8) is 0 Å². The summed E-state index contributed by atoms with van der Waals surface area (Å²) in [5.74, 6) is 0.704. The predicted octanol–water partition coefficient (Wildman–Crippen LogP) is 3.57. The van der Waals surface area contributed by atoms with Gasteiger partial charge in [-0.05, 0) is 43.2 Å². The predicted molar refractivity (Wildman–Crippen MR) is 105 cm³/mol. The molecule has 5 nitrogen and oxygen atoms in total. The smallest absolute Gasteiger partial charge is 0.251 e. The van der Waals surface area contributed by atoms with Gasteiger partial charge in [-0.15, -0.1) is 0 Å². The van der Waals surface area contributed by atoms with E-state index in [2.05, 4.69) is 15.6 Å². The molecule has 1 amide bonds. The standard InChI is InChI=1S/C21H23N3O2/c1-14-12-18(17-8-5-9-19(26-3)20(17)24-14)23-11-10-15-6-4-7-16(13-15)21(25)22-2/h4-9,12-13H,10-11H2,1-3H3,(H,22,25)(H,23,24). The Balaban J connectivity index is 1.77. The lowest BCUT2D eigenvalue weighted by Crippen LogP contribution is -2.18. The number of carbonyl (C=O) groups excluding carboxylic acids is 1. The summed E-state index contributed by atoms with van der Waals surface area (Å²) in [7, 11) is 3.30. The lowest BCUT2D eigenvalue weighted by atomic mass is 10.1. The molecule has 0 saturated carbocycles. The largest absolute Gasteiger partial charge is 0.494 e. The van der Waals surface area contributed by atoms with Crippen LogP contribution in [0, 0.1) is 6.92 Å². The van der Waals surface area contributed by atoms with E-state index in [0.717, 1.165) is 46.6 Å². The summed E-state index contributed by atoms with van der Waals surface area (Å²) in [4.78, 5) is 16.4. The van der Waals surface area contributed by atoms with Crippen molar-refractivity contribution in [2.24, 2.45) is 0 Å². The number of carbonyl (C=O) groups is 1. The second-order valence-corrected chi connectivity index (χ2v) is 6.12. The zero-order chi connectivity index (χ0) is 18.5. The molecule has 0 aliphatic heterocycles. The number of benzene rings is 2. The molecular weight excluding hydrogens is 326 g/mol. The van der Waals surface area contributed by atoms with Crippen molar-refractivity contribution in [1.82, 2.24) is 10.3 Å². The summed E-state index contributed by atoms with van der Waals surface area (Å²) in [6, 6.07) is 15.7. The summed E-state index contributed by atoms with van der Waals surface area (Å²) in [6.45, 7) is 2.73. The van der Waals surface area contributed by atoms with Crippen LogP contribution in [-0.2, 0) is 6.42 Å². The van der Waals surface area contributed by atoms with E-state index < -0.39 is 0 Å². The summed E-state index contributed by atoms with van der Waals surface area (Å²) >= 11 is 0. The molecule has 0 saturated heterocycles. The molecule has 2 aromatic carbocycles. The third kappa shape index (κ3) is 3.77. The van der Waals surface area contributed by atoms with Gasteiger partial charge in [-0.25, -0.2) is 4.98 Å². The maximum absolute atomic E-state index is 11.8. The van der Waals surface area contributed by atoms with Gasteiger partial charge >= 0.3 is 0 Å². The lowest BCUT2D eigenvalue weighted by Gasteiger charge is -2.13. The zero-order valence-electron chi connectivity index (χ0n) is 15.3. The molecule has 0 radical (unpaired) electrons. The number of nitrogens with one attached hydrogen (secondary N) is 2. The highest BCUT2D eigenvalue weighted by Gasteiger charge is 2.09. The highest BCUT2D eigenvalue weighted by Crippen LogP contribution is 2.29. The summed E-state index contributed by atoms with van der Waals surface area (Å²) in [5.41, 5.74) is 4.63. The quantitative estimate of drug-likeness (QED) is 0.714. The molecular formula is C21H23N3O2. The second-order valence-electron chi connectivity index (χ2n) is 6.12. The minimum absolute atomic E-state index is 0.0670. The Morgan fingerprint density at radius 3 is 2.73 bits per heavy atom. The van der Waals surface area contributed by atoms with Gasteiger partial charge in [0.15, 0.2) is 0 Å². The summed E-state index contributed by atoms with van der Waals surface area (Å²) in [5, 5.41) is 7.19. The number of amides is 1. The lowest BCUT2D eigenvalue weighted by molar-refractivity contribution is 0.0963. The van der Waals surface area contributed by atoms with Crippen LogP contribution in [0.2, 0.25) is 0 Å². The van der Waals surface area contributed by atoms with Crippen LogP contribution in [-0.4, -0.2) is 31.6 Å². The number of rotatable bonds is 6. The number of anilines is 1. The van der Waals surface area contributed by atoms with E-state index in [0.29, 0.717) is 5.56 Å². The van der Waals surface area contributed by atoms with Crippen LogP contribution in [0.3, 0.4) is 0 Å². The number of nitrogens with zero attached hydrogens (tertiary/aromatic N) is 1. The van der Waals surface area contributed by atoms with Crippen LogP contribution in [0.25, 0.3) is 10.9 Å². The van der Waals surface area contributed by atoms with Gasteiger partial charge in [0.1, 0.15) is 11.3 Å². The topological polar surface area (TPSA) is 63.2 Å². The van der Waals surface area contributed by atoms with Crippen LogP contribution >= 0.6 is 0 Å². The maximum atomic E-state index is 11.8. The molecule has 3 aromatic rings. The number of ether oxygens (including phenoxy) is 1. The summed E-state index contributed by atoms with van der Waals surface area (Å²) in [6.07, 6.45) is 0.817. The molecule has 26 heavy (non-hydrogen) atoms. The van der Waals surface area contributed by atoms with Gasteiger partial charge in [0.05, 0.1) is 7.11 Å². The minimum Gasteiger partial charge on any atom is -0.494 e. The molecule has 0 bridgehead atoms. The van der Waals surface area contributed by atoms with Crippen LogP contribution in [0.4, 0.5) is 5.69 Å². The number of methoxy groups -OCH3 is 1. The Hall–Kier alpha value is -3.08. The SMILES string of the molecule is CNC(=O)c1cccc(CCNc2cc(C)nc3c(OC)cccc23)c1. The zero-order valence-corrected chi connectivity index (χ0v) is 15.3. The molecule has 1 aromatic heterocycles. The third-order valence-corrected chi connectivity index (χ3v) is 4.30. The molecule has 0 aliphatic rings. The molecule has 0 unspecified atom stereocenters. The number of fused-ring (bicyclic) bond motifs is 1. The van der Waals surface area contributed by atoms with Crippen molar-refractivity contribution in [2.75, 3.05) is 26.0 Å². The fraction of sp³-hybridized carbons (Fsp3) is 0.238. The van der Waals surface area contributed by atoms with Gasteiger partial charge in [0.25, 0.3) is 5.91 Å². The number of aromatic nitrogens is 1. The first-order valence-electron chi connectivity index (χ1n) is 8.61. The van der Waals surface area contributed by atoms with Gasteiger partial charge in [-0.2, -0.15) is 0 Å². The van der Waals surface area contributed by atoms with Crippen molar-refractivity contribution in [3.8, 4) is 5.75 Å². The maximum Gasteiger partial charge on any atom is 0.251 e. The first-order valence-corrected chi connectivity index (χ1v) is 8.61. The molecule has 134 valence electrons. The van der Waals surface area contributed by atoms with E-state index in [4.69, 9.17) is 4.74 Å². The van der Waals surface area contributed by atoms with E-state index in [9.17, 15) is 4.79 Å². The Morgan fingerprint density at radius 1 is 1.15 bits per heavy atom. The molecule has 5 heteroatoms. The molecule has 2 N–H and O–H groups in total. The molecule has 0 aliphatic carbocycles. The monoisotopic (exact) mass is 349 g/mol. The molecule has 0 fully saturated rings. The average molecular weight is 349 g/mol. The number of aryl methyl sites for hydroxylation is 1. The molecule has 1 heterocycles. The Morgan fingerprint density at radius 2 is 1.96 bits per heavy atom. The highest BCUT2D eigenvalue weighted by molar-refractivity contribution is 5.95. The van der Waals surface area contributed by atoms with Crippen molar-refractivity contribution in [3.05, 3.63) is 65.4 Å². The van der Waals surface area contributed by atoms with Crippen LogP contribution in [0.1, 0.15) is 21.6 Å². The van der Waals surface area contributed by atoms with Gasteiger partial charge < -0.3 is 15.4 Å². The number of pyridine rings is 1. The fourth-order valence-electron chi connectivity index (χ4n) is 3.02. The second kappa shape index (κ2) is 7.87. The Bertz CT molecular complexity index is 938. The van der Waals surface area contributed by atoms with E-state index in [1.165, 1.54) is 0 Å². The van der Waals surface area contributed by atoms with Gasteiger partial charge in [0.2, 0.25) is 0 Å². The first kappa shape index (κ1) is 17.7. The van der Waals surface area contributed by atoms with E-state index in [-0.39, 0.29) is 5.91 Å². The minimum atomic E-state index is -0.0670. The van der Waals surface area contributed by atoms with Crippen molar-refractivity contribution in [1.29, 1.82) is 0 Å². The Kier molecular flexibility index (Phi) is 5.37. The fourth-order valence-corrected chi connectivity index (χ4v) is 3.02. The number of para-hydroxylation sites is 1. The van der Waals surface area contributed by atoms with Crippen LogP contribution < -0.4 is 15.4 Å². The van der Waals surface area contributed by atoms with E-state index in [1.54, 1.807) is 14.2 Å². The van der Waals surface area contributed by atoms with E-state index >= 15 is 0 Å². The highest BCUT2D eigenvalue weighted by atomic mass is 16.5. The summed E-state index contributed by atoms with van der Waals surface area (Å²) < 4.78 is 5.43. The third-order valence-electron chi connectivity index (χ3n) is 4.30. The number of hydrogen-bond acceptors (Lipinski definition) is 4. The van der Waals surface area contributed by atoms with Crippen molar-refractivity contribution in [2.45, 2.75) is 13.3 Å². The normalized spacial score (nSPS) is 10.6. The molecule has 3 rings (SSSR count). The van der Waals surface area contributed by atoms with Crippen LogP contribution in [0.15, 0.2) is 48.5 Å². The average Bonchev–Trinajstić information content (AvgIpc) is 2.67.